The van der Waals surface area contributed by atoms with Crippen LogP contribution in [0.5, 0.6) is 5.75 Å². The lowest BCUT2D eigenvalue weighted by atomic mass is 9.79. The summed E-state index contributed by atoms with van der Waals surface area (Å²) in [6.07, 6.45) is 1.86. The number of benzene rings is 2. The van der Waals surface area contributed by atoms with Gasteiger partial charge in [0, 0.05) is 0 Å². The van der Waals surface area contributed by atoms with Gasteiger partial charge >= 0.3 is 0 Å². The van der Waals surface area contributed by atoms with Gasteiger partial charge < -0.3 is 20.5 Å². The minimum Gasteiger partial charge on any atom is -0.491 e. The second-order valence-corrected chi connectivity index (χ2v) is 9.24. The van der Waals surface area contributed by atoms with Gasteiger partial charge in [-0.15, -0.1) is 0 Å². The van der Waals surface area contributed by atoms with Crippen molar-refractivity contribution in [2.75, 3.05) is 13.2 Å². The van der Waals surface area contributed by atoms with Crippen LogP contribution in [0.4, 0.5) is 0 Å². The molecule has 2 aromatic carbocycles. The summed E-state index contributed by atoms with van der Waals surface area (Å²) in [7, 11) is 0. The van der Waals surface area contributed by atoms with Crippen LogP contribution in [-0.4, -0.2) is 41.5 Å². The fraction of sp³-hybridized carbons (Fsp3) is 0.545. The van der Waals surface area contributed by atoms with Crippen molar-refractivity contribution in [2.24, 2.45) is 0 Å². The van der Waals surface area contributed by atoms with Gasteiger partial charge in [-0.3, -0.25) is 0 Å². The topological polar surface area (TPSA) is 62.7 Å². The Morgan fingerprint density at radius 2 is 1.73 bits per heavy atom. The lowest BCUT2D eigenvalue weighted by Gasteiger charge is -2.41. The van der Waals surface area contributed by atoms with Gasteiger partial charge in [0.15, 0.2) is 0 Å². The summed E-state index contributed by atoms with van der Waals surface area (Å²) in [5, 5.41) is 17.5. The zero-order valence-corrected chi connectivity index (χ0v) is 16.5. The Morgan fingerprint density at radius 3 is 2.42 bits per heavy atom. The zero-order valence-electron chi connectivity index (χ0n) is 16.5. The lowest BCUT2D eigenvalue weighted by Crippen LogP contribution is -3.09. The van der Waals surface area contributed by atoms with Gasteiger partial charge in [0.2, 0.25) is 0 Å². The second kappa shape index (κ2) is 7.55. The molecular weight excluding hydrogens is 324 g/mol. The molecule has 0 aliphatic carbocycles. The molecule has 0 unspecified atom stereocenters. The average molecular weight is 359 g/mol. The van der Waals surface area contributed by atoms with E-state index in [4.69, 9.17) is 4.74 Å². The van der Waals surface area contributed by atoms with Crippen molar-refractivity contribution in [2.45, 2.75) is 63.8 Å². The van der Waals surface area contributed by atoms with Gasteiger partial charge in [-0.2, -0.15) is 0 Å². The Bertz CT molecular complexity index is 726. The van der Waals surface area contributed by atoms with Crippen LogP contribution in [0, 0.1) is 0 Å². The molecule has 142 valence electrons. The molecule has 3 rings (SSSR count). The molecule has 1 aliphatic rings. The largest absolute Gasteiger partial charge is 0.491 e. The molecule has 1 aliphatic heterocycles. The normalized spacial score (nSPS) is 20.8. The SMILES string of the molecule is CC1(C)CC([NH2+]C[C@@H](O)COc2ccc3ccccc3c2)CC(C)(C)[NH2+]1. The third kappa shape index (κ3) is 5.19. The molecule has 26 heavy (non-hydrogen) atoms. The Labute approximate surface area is 156 Å². The number of rotatable bonds is 6. The molecule has 1 atom stereocenters. The van der Waals surface area contributed by atoms with Crippen molar-refractivity contribution in [1.82, 2.24) is 0 Å². The van der Waals surface area contributed by atoms with Gasteiger partial charge in [0.05, 0.1) is 30.0 Å². The maximum absolute atomic E-state index is 10.4. The summed E-state index contributed by atoms with van der Waals surface area (Å²) in [6, 6.07) is 14.9. The molecule has 4 heteroatoms. The van der Waals surface area contributed by atoms with Crippen LogP contribution in [0.15, 0.2) is 42.5 Å². The Hall–Kier alpha value is -1.62. The van der Waals surface area contributed by atoms with Gasteiger partial charge in [-0.1, -0.05) is 30.3 Å². The molecule has 0 aromatic heterocycles. The smallest absolute Gasteiger partial charge is 0.137 e. The van der Waals surface area contributed by atoms with Gasteiger partial charge in [-0.05, 0) is 50.6 Å². The fourth-order valence-corrected chi connectivity index (χ4v) is 4.63. The van der Waals surface area contributed by atoms with E-state index in [2.05, 4.69) is 56.5 Å². The number of hydrogen-bond acceptors (Lipinski definition) is 2. The minimum atomic E-state index is -0.460. The third-order valence-electron chi connectivity index (χ3n) is 5.26. The highest BCUT2D eigenvalue weighted by atomic mass is 16.5. The predicted octanol–water partition coefficient (Wildman–Crippen LogP) is 1.43. The van der Waals surface area contributed by atoms with E-state index in [1.807, 2.05) is 24.3 Å². The molecule has 0 bridgehead atoms. The first kappa shape index (κ1) is 19.2. The summed E-state index contributed by atoms with van der Waals surface area (Å²) in [5.74, 6) is 0.817. The van der Waals surface area contributed by atoms with Crippen LogP contribution in [0.2, 0.25) is 0 Å². The zero-order chi connectivity index (χ0) is 18.8. The van der Waals surface area contributed by atoms with E-state index >= 15 is 0 Å². The van der Waals surface area contributed by atoms with E-state index in [1.54, 1.807) is 0 Å². The van der Waals surface area contributed by atoms with Crippen LogP contribution in [-0.2, 0) is 0 Å². The minimum absolute atomic E-state index is 0.259. The van der Waals surface area contributed by atoms with Crippen LogP contribution in [0.3, 0.4) is 0 Å². The number of aliphatic hydroxyl groups is 1. The molecule has 1 fully saturated rings. The number of piperidine rings is 1. The Balaban J connectivity index is 1.48. The van der Waals surface area contributed by atoms with Crippen molar-refractivity contribution in [3.8, 4) is 5.75 Å². The number of hydrogen-bond donors (Lipinski definition) is 3. The molecular formula is C22H34N2O2+2. The quantitative estimate of drug-likeness (QED) is 0.731. The second-order valence-electron chi connectivity index (χ2n) is 9.24. The maximum Gasteiger partial charge on any atom is 0.137 e. The average Bonchev–Trinajstić information content (AvgIpc) is 2.55. The van der Waals surface area contributed by atoms with E-state index < -0.39 is 6.10 Å². The standard InChI is InChI=1S/C22H32N2O2/c1-21(2)12-18(13-22(3,4)24-21)23-14-19(25)15-26-20-10-9-16-7-5-6-8-17(16)11-20/h5-11,18-19,23-25H,12-15H2,1-4H3/p+2/t19-/m1/s1. The molecule has 0 spiro atoms. The summed E-state index contributed by atoms with van der Waals surface area (Å²) in [4.78, 5) is 0. The molecule has 1 heterocycles. The molecule has 1 saturated heterocycles. The number of nitrogens with two attached hydrogens (primary N) is 2. The summed E-state index contributed by atoms with van der Waals surface area (Å²) >= 11 is 0. The summed E-state index contributed by atoms with van der Waals surface area (Å²) < 4.78 is 5.82. The van der Waals surface area contributed by atoms with Crippen LogP contribution in [0.25, 0.3) is 10.8 Å². The van der Waals surface area contributed by atoms with Crippen molar-refractivity contribution >= 4 is 10.8 Å². The van der Waals surface area contributed by atoms with Crippen LogP contribution in [0.1, 0.15) is 40.5 Å². The number of aliphatic hydroxyl groups excluding tert-OH is 1. The first-order valence-electron chi connectivity index (χ1n) is 9.73. The van der Waals surface area contributed by atoms with Gasteiger partial charge in [0.25, 0.3) is 0 Å². The summed E-state index contributed by atoms with van der Waals surface area (Å²) in [5.41, 5.74) is 0.519. The van der Waals surface area contributed by atoms with E-state index in [-0.39, 0.29) is 11.1 Å². The molecule has 4 nitrogen and oxygen atoms in total. The first-order valence-corrected chi connectivity index (χ1v) is 9.73. The van der Waals surface area contributed by atoms with Gasteiger partial charge in [0.1, 0.15) is 25.0 Å². The van der Waals surface area contributed by atoms with Crippen LogP contribution < -0.4 is 15.4 Å². The van der Waals surface area contributed by atoms with E-state index in [1.165, 1.54) is 5.39 Å². The summed E-state index contributed by atoms with van der Waals surface area (Å²) in [6.45, 7) is 10.3. The third-order valence-corrected chi connectivity index (χ3v) is 5.26. The molecule has 5 N–H and O–H groups in total. The maximum atomic E-state index is 10.4. The van der Waals surface area contributed by atoms with Crippen molar-refractivity contribution in [3.63, 3.8) is 0 Å². The number of ether oxygens (including phenoxy) is 1. The monoisotopic (exact) mass is 358 g/mol. The first-order chi connectivity index (χ1) is 12.2. The van der Waals surface area contributed by atoms with E-state index in [9.17, 15) is 5.11 Å². The molecule has 0 radical (unpaired) electrons. The van der Waals surface area contributed by atoms with Crippen molar-refractivity contribution < 1.29 is 20.5 Å². The predicted molar refractivity (Wildman–Crippen MR) is 105 cm³/mol. The van der Waals surface area contributed by atoms with E-state index in [0.717, 1.165) is 24.0 Å². The number of fused-ring (bicyclic) bond motifs is 1. The Kier molecular flexibility index (Phi) is 5.56. The highest BCUT2D eigenvalue weighted by molar-refractivity contribution is 5.83. The highest BCUT2D eigenvalue weighted by Gasteiger charge is 2.43. The Morgan fingerprint density at radius 1 is 1.08 bits per heavy atom. The van der Waals surface area contributed by atoms with E-state index in [0.29, 0.717) is 19.2 Å². The van der Waals surface area contributed by atoms with Crippen LogP contribution >= 0.6 is 0 Å². The molecule has 0 saturated carbocycles. The van der Waals surface area contributed by atoms with Crippen molar-refractivity contribution in [3.05, 3.63) is 42.5 Å². The lowest BCUT2D eigenvalue weighted by molar-refractivity contribution is -0.814. The molecule has 2 aromatic rings. The fourth-order valence-electron chi connectivity index (χ4n) is 4.63. The van der Waals surface area contributed by atoms with Crippen molar-refractivity contribution in [1.29, 1.82) is 0 Å². The molecule has 0 amide bonds. The van der Waals surface area contributed by atoms with Gasteiger partial charge in [-0.25, -0.2) is 0 Å². The highest BCUT2D eigenvalue weighted by Crippen LogP contribution is 2.21. The number of quaternary nitrogens is 2.